The quantitative estimate of drug-likeness (QED) is 0.291. The second kappa shape index (κ2) is 11.3. The topological polar surface area (TPSA) is 44.8 Å². The number of rotatable bonds is 12. The molecule has 32 heavy (non-hydrogen) atoms. The van der Waals surface area contributed by atoms with Crippen molar-refractivity contribution in [1.29, 1.82) is 0 Å². The Morgan fingerprint density at radius 3 is 2.28 bits per heavy atom. The molecule has 0 amide bonds. The molecule has 1 aliphatic rings. The third kappa shape index (κ3) is 6.42. The van der Waals surface area contributed by atoms with Gasteiger partial charge in [-0.1, -0.05) is 42.6 Å². The maximum absolute atomic E-state index is 12.8. The Labute approximate surface area is 196 Å². The fourth-order valence-corrected chi connectivity index (χ4v) is 4.44. The van der Waals surface area contributed by atoms with Gasteiger partial charge < -0.3 is 14.2 Å². The third-order valence-electron chi connectivity index (χ3n) is 6.04. The number of hydrogen-bond donors (Lipinski definition) is 0. The molecule has 0 N–H and O–H groups in total. The lowest BCUT2D eigenvalue weighted by Crippen LogP contribution is -2.15. The molecule has 1 atom stereocenters. The van der Waals surface area contributed by atoms with Crippen LogP contribution in [0.5, 0.6) is 17.2 Å². The standard InChI is InChI=1S/C27H32O4S/c1-18-7-5-6-8-21(18)16-24(32)17-22(20-10-11-20)15-23(28)12-9-19-13-25(29-2)27(31-4)26(14-19)30-3/h5-9,12-14,20,22H,10-11,15-17H2,1-4H3/b12-9+. The van der Waals surface area contributed by atoms with Crippen LogP contribution in [-0.4, -0.2) is 32.0 Å². The summed E-state index contributed by atoms with van der Waals surface area (Å²) in [6.07, 6.45) is 8.02. The van der Waals surface area contributed by atoms with Crippen LogP contribution in [0, 0.1) is 18.8 Å². The summed E-state index contributed by atoms with van der Waals surface area (Å²) < 4.78 is 16.1. The first-order valence-corrected chi connectivity index (χ1v) is 11.4. The van der Waals surface area contributed by atoms with Crippen molar-refractivity contribution in [3.8, 4) is 17.2 Å². The van der Waals surface area contributed by atoms with E-state index in [2.05, 4.69) is 25.1 Å². The minimum Gasteiger partial charge on any atom is -0.493 e. The number of hydrogen-bond acceptors (Lipinski definition) is 5. The zero-order chi connectivity index (χ0) is 23.1. The van der Waals surface area contributed by atoms with Crippen LogP contribution < -0.4 is 14.2 Å². The molecule has 2 aromatic carbocycles. The van der Waals surface area contributed by atoms with E-state index in [9.17, 15) is 4.79 Å². The van der Waals surface area contributed by atoms with E-state index in [1.165, 1.54) is 24.0 Å². The molecule has 0 aromatic heterocycles. The predicted molar refractivity (Wildman–Crippen MR) is 133 cm³/mol. The summed E-state index contributed by atoms with van der Waals surface area (Å²) in [6, 6.07) is 12.0. The van der Waals surface area contributed by atoms with Gasteiger partial charge in [0.05, 0.1) is 21.3 Å². The molecule has 1 saturated carbocycles. The SMILES string of the molecule is COc1cc(/C=C/C(=O)CC(CC(=S)Cc2ccccc2C)C2CC2)cc(OC)c1OC. The Morgan fingerprint density at radius 2 is 1.72 bits per heavy atom. The Morgan fingerprint density at radius 1 is 1.06 bits per heavy atom. The van der Waals surface area contributed by atoms with E-state index in [1.54, 1.807) is 27.4 Å². The predicted octanol–water partition coefficient (Wildman–Crippen LogP) is 6.02. The van der Waals surface area contributed by atoms with Crippen molar-refractivity contribution in [3.05, 3.63) is 59.2 Å². The average molecular weight is 453 g/mol. The van der Waals surface area contributed by atoms with E-state index in [0.717, 1.165) is 23.3 Å². The zero-order valence-corrected chi connectivity index (χ0v) is 20.2. The number of carbonyl (C=O) groups is 1. The maximum Gasteiger partial charge on any atom is 0.203 e. The van der Waals surface area contributed by atoms with Gasteiger partial charge in [-0.05, 0) is 77.8 Å². The smallest absolute Gasteiger partial charge is 0.203 e. The summed E-state index contributed by atoms with van der Waals surface area (Å²) in [4.78, 5) is 13.8. The molecular weight excluding hydrogens is 420 g/mol. The lowest BCUT2D eigenvalue weighted by Gasteiger charge is -2.16. The van der Waals surface area contributed by atoms with Crippen molar-refractivity contribution >= 4 is 28.9 Å². The van der Waals surface area contributed by atoms with Gasteiger partial charge >= 0.3 is 0 Å². The van der Waals surface area contributed by atoms with Crippen LogP contribution in [0.1, 0.15) is 42.4 Å². The molecule has 5 heteroatoms. The van der Waals surface area contributed by atoms with Crippen LogP contribution in [0.15, 0.2) is 42.5 Å². The van der Waals surface area contributed by atoms with Gasteiger partial charge in [0, 0.05) is 12.8 Å². The minimum absolute atomic E-state index is 0.120. The van der Waals surface area contributed by atoms with Gasteiger partial charge in [0.15, 0.2) is 17.3 Å². The van der Waals surface area contributed by atoms with Crippen LogP contribution >= 0.6 is 12.2 Å². The number of ketones is 1. The summed E-state index contributed by atoms with van der Waals surface area (Å²) in [5, 5.41) is 0. The monoisotopic (exact) mass is 452 g/mol. The van der Waals surface area contributed by atoms with E-state index in [0.29, 0.717) is 35.5 Å². The van der Waals surface area contributed by atoms with E-state index >= 15 is 0 Å². The number of aryl methyl sites for hydroxylation is 1. The van der Waals surface area contributed by atoms with Gasteiger partial charge in [-0.25, -0.2) is 0 Å². The molecule has 0 aliphatic heterocycles. The van der Waals surface area contributed by atoms with E-state index in [1.807, 2.05) is 24.3 Å². The van der Waals surface area contributed by atoms with Gasteiger partial charge in [-0.15, -0.1) is 0 Å². The third-order valence-corrected chi connectivity index (χ3v) is 6.35. The second-order valence-electron chi connectivity index (χ2n) is 8.41. The van der Waals surface area contributed by atoms with E-state index < -0.39 is 0 Å². The molecule has 3 rings (SSSR count). The van der Waals surface area contributed by atoms with Crippen LogP contribution in [0.2, 0.25) is 0 Å². The highest BCUT2D eigenvalue weighted by atomic mass is 32.1. The normalized spacial score (nSPS) is 14.2. The Balaban J connectivity index is 1.63. The van der Waals surface area contributed by atoms with E-state index in [-0.39, 0.29) is 5.78 Å². The lowest BCUT2D eigenvalue weighted by atomic mass is 9.89. The average Bonchev–Trinajstić information content (AvgIpc) is 3.63. The first kappa shape index (κ1) is 24.0. The van der Waals surface area contributed by atoms with Crippen molar-refractivity contribution < 1.29 is 19.0 Å². The number of thiocarbonyl (C=S) groups is 1. The number of benzene rings is 2. The molecule has 0 spiro atoms. The summed E-state index contributed by atoms with van der Waals surface area (Å²) in [6.45, 7) is 2.12. The summed E-state index contributed by atoms with van der Waals surface area (Å²) in [5.41, 5.74) is 3.37. The molecule has 1 aliphatic carbocycles. The van der Waals surface area contributed by atoms with Crippen molar-refractivity contribution in [2.75, 3.05) is 21.3 Å². The Kier molecular flexibility index (Phi) is 8.46. The fraction of sp³-hybridized carbons (Fsp3) is 0.407. The molecule has 0 radical (unpaired) electrons. The van der Waals surface area contributed by atoms with Gasteiger partial charge in [0.25, 0.3) is 0 Å². The molecule has 0 heterocycles. The largest absolute Gasteiger partial charge is 0.493 e. The molecule has 4 nitrogen and oxygen atoms in total. The lowest BCUT2D eigenvalue weighted by molar-refractivity contribution is -0.115. The van der Waals surface area contributed by atoms with Crippen molar-refractivity contribution in [1.82, 2.24) is 0 Å². The molecule has 2 aromatic rings. The highest BCUT2D eigenvalue weighted by molar-refractivity contribution is 7.80. The molecule has 1 unspecified atom stereocenters. The molecule has 0 saturated heterocycles. The van der Waals surface area contributed by atoms with Crippen molar-refractivity contribution in [2.45, 2.75) is 39.0 Å². The molecule has 0 bridgehead atoms. The highest BCUT2D eigenvalue weighted by Gasteiger charge is 2.32. The number of allylic oxidation sites excluding steroid dienone is 1. The Hall–Kier alpha value is -2.66. The van der Waals surface area contributed by atoms with Crippen LogP contribution in [0.3, 0.4) is 0 Å². The fourth-order valence-electron chi connectivity index (χ4n) is 4.07. The summed E-state index contributed by atoms with van der Waals surface area (Å²) >= 11 is 5.72. The molecular formula is C27H32O4S. The van der Waals surface area contributed by atoms with Crippen molar-refractivity contribution in [2.24, 2.45) is 11.8 Å². The van der Waals surface area contributed by atoms with Crippen LogP contribution in [0.25, 0.3) is 6.08 Å². The molecule has 170 valence electrons. The van der Waals surface area contributed by atoms with Crippen molar-refractivity contribution in [3.63, 3.8) is 0 Å². The van der Waals surface area contributed by atoms with Gasteiger partial charge in [0.2, 0.25) is 5.75 Å². The Bertz CT molecular complexity index is 966. The minimum atomic E-state index is 0.120. The summed E-state index contributed by atoms with van der Waals surface area (Å²) in [7, 11) is 4.73. The second-order valence-corrected chi connectivity index (χ2v) is 8.98. The highest BCUT2D eigenvalue weighted by Crippen LogP contribution is 2.41. The zero-order valence-electron chi connectivity index (χ0n) is 19.4. The molecule has 1 fully saturated rings. The van der Waals surface area contributed by atoms with E-state index in [4.69, 9.17) is 26.4 Å². The van der Waals surface area contributed by atoms with Crippen LogP contribution in [-0.2, 0) is 11.2 Å². The number of ether oxygens (including phenoxy) is 3. The van der Waals surface area contributed by atoms with Crippen LogP contribution in [0.4, 0.5) is 0 Å². The maximum atomic E-state index is 12.8. The summed E-state index contributed by atoms with van der Waals surface area (Å²) in [5.74, 6) is 2.73. The number of methoxy groups -OCH3 is 3. The van der Waals surface area contributed by atoms with Gasteiger partial charge in [-0.3, -0.25) is 4.79 Å². The first-order chi connectivity index (χ1) is 15.4. The van der Waals surface area contributed by atoms with Gasteiger partial charge in [0.1, 0.15) is 0 Å². The van der Waals surface area contributed by atoms with Gasteiger partial charge in [-0.2, -0.15) is 0 Å². The number of carbonyl (C=O) groups excluding carboxylic acids is 1. The first-order valence-electron chi connectivity index (χ1n) is 11.0.